The van der Waals surface area contributed by atoms with Crippen LogP contribution in [0, 0.1) is 0 Å². The topological polar surface area (TPSA) is 60.7 Å². The van der Waals surface area contributed by atoms with Crippen LogP contribution in [0.5, 0.6) is 0 Å². The van der Waals surface area contributed by atoms with Crippen molar-refractivity contribution in [2.75, 3.05) is 21.3 Å². The van der Waals surface area contributed by atoms with E-state index in [9.17, 15) is 0 Å². The van der Waals surface area contributed by atoms with Crippen LogP contribution in [-0.2, 0) is 0 Å². The van der Waals surface area contributed by atoms with Crippen molar-refractivity contribution in [2.24, 2.45) is 0 Å². The molecular weight excluding hydrogens is 107 g/mol. The predicted octanol–water partition coefficient (Wildman–Crippen LogP) is -1.56. The molecule has 0 aromatic heterocycles. The molecule has 4 heteroatoms. The molecule has 0 atom stereocenters. The van der Waals surface area contributed by atoms with Gasteiger partial charge in [-0.3, -0.25) is 0 Å². The van der Waals surface area contributed by atoms with Gasteiger partial charge in [0.25, 0.3) is 0 Å². The zero-order valence-corrected chi connectivity index (χ0v) is 7.34. The normalized spacial score (nSPS) is 2.57. The van der Waals surface area contributed by atoms with E-state index in [0.29, 0.717) is 0 Å². The van der Waals surface area contributed by atoms with Gasteiger partial charge in [0.15, 0.2) is 0 Å². The average Bonchev–Trinajstić information content (AvgIpc) is 1.81. The van der Waals surface area contributed by atoms with Crippen LogP contribution in [-0.4, -0.2) is 66.2 Å². The maximum atomic E-state index is 7.00. The zero-order chi connectivity index (χ0) is 6.00. The van der Waals surface area contributed by atoms with Gasteiger partial charge in [0.05, 0.1) is 0 Å². The van der Waals surface area contributed by atoms with Gasteiger partial charge in [-0.1, -0.05) is 0 Å². The Labute approximate surface area is 66.3 Å². The summed E-state index contributed by atoms with van der Waals surface area (Å²) in [6.07, 6.45) is 0. The Morgan fingerprint density at radius 3 is 0.571 bits per heavy atom. The van der Waals surface area contributed by atoms with Crippen LogP contribution in [0.25, 0.3) is 0 Å². The maximum Gasteiger partial charge on any atom is 0.0319 e. The zero-order valence-electron chi connectivity index (χ0n) is 5.34. The first-order chi connectivity index (χ1) is 3.00. The third-order valence-electron chi connectivity index (χ3n) is 0. The largest absolute Gasteiger partial charge is 0.400 e. The molecule has 3 N–H and O–H groups in total. The second kappa shape index (κ2) is 307. The molecular formula is C3H12NaO3. The van der Waals surface area contributed by atoms with Gasteiger partial charge in [0.2, 0.25) is 0 Å². The molecule has 0 aliphatic carbocycles. The molecule has 3 nitrogen and oxygen atoms in total. The van der Waals surface area contributed by atoms with Crippen molar-refractivity contribution in [3.05, 3.63) is 0 Å². The van der Waals surface area contributed by atoms with Crippen LogP contribution in [0.15, 0.2) is 0 Å². The van der Waals surface area contributed by atoms with Gasteiger partial charge in [0.1, 0.15) is 0 Å². The molecule has 0 fully saturated rings. The smallest absolute Gasteiger partial charge is 0.0319 e. The van der Waals surface area contributed by atoms with Gasteiger partial charge >= 0.3 is 0 Å². The molecule has 0 saturated heterocycles. The van der Waals surface area contributed by atoms with Crippen molar-refractivity contribution in [2.45, 2.75) is 0 Å². The van der Waals surface area contributed by atoms with Crippen molar-refractivity contribution in [3.8, 4) is 0 Å². The fraction of sp³-hybridized carbons (Fsp3) is 1.00. The Bertz CT molecular complexity index is 10.1. The van der Waals surface area contributed by atoms with E-state index in [0.717, 1.165) is 21.3 Å². The van der Waals surface area contributed by atoms with Gasteiger partial charge in [-0.25, -0.2) is 0 Å². The minimum absolute atomic E-state index is 0. The minimum Gasteiger partial charge on any atom is -0.400 e. The number of aliphatic hydroxyl groups is 3. The van der Waals surface area contributed by atoms with Crippen LogP contribution in [0.4, 0.5) is 0 Å². The summed E-state index contributed by atoms with van der Waals surface area (Å²) in [7, 11) is 3.00. The van der Waals surface area contributed by atoms with E-state index in [4.69, 9.17) is 15.3 Å². The standard InChI is InChI=1S/3CH4O.Na/c3*1-2;/h3*2H,1H3;. The first-order valence-corrected chi connectivity index (χ1v) is 1.34. The summed E-state index contributed by atoms with van der Waals surface area (Å²) in [5.41, 5.74) is 0. The molecule has 0 unspecified atom stereocenters. The van der Waals surface area contributed by atoms with E-state index < -0.39 is 0 Å². The SMILES string of the molecule is CO.CO.CO.[Na]. The summed E-state index contributed by atoms with van der Waals surface area (Å²) >= 11 is 0. The number of hydrogen-bond donors (Lipinski definition) is 3. The summed E-state index contributed by atoms with van der Waals surface area (Å²) in [6, 6.07) is 0. The van der Waals surface area contributed by atoms with Crippen LogP contribution < -0.4 is 0 Å². The predicted molar refractivity (Wildman–Crippen MR) is 30.2 cm³/mol. The molecule has 0 bridgehead atoms. The molecule has 0 rings (SSSR count). The van der Waals surface area contributed by atoms with Crippen molar-refractivity contribution in [3.63, 3.8) is 0 Å². The van der Waals surface area contributed by atoms with Crippen molar-refractivity contribution >= 4 is 29.6 Å². The molecule has 0 aromatic rings. The number of aliphatic hydroxyl groups excluding tert-OH is 3. The van der Waals surface area contributed by atoms with Gasteiger partial charge in [-0.15, -0.1) is 0 Å². The molecule has 0 saturated carbocycles. The van der Waals surface area contributed by atoms with Gasteiger partial charge in [0, 0.05) is 50.9 Å². The molecule has 0 amide bonds. The average molecular weight is 119 g/mol. The van der Waals surface area contributed by atoms with Crippen LogP contribution in [0.2, 0.25) is 0 Å². The first-order valence-electron chi connectivity index (χ1n) is 1.34. The Morgan fingerprint density at radius 2 is 0.571 bits per heavy atom. The summed E-state index contributed by atoms with van der Waals surface area (Å²) in [4.78, 5) is 0. The fourth-order valence-electron chi connectivity index (χ4n) is 0. The van der Waals surface area contributed by atoms with E-state index in [1.54, 1.807) is 0 Å². The Balaban J connectivity index is -0.00000000900. The minimum atomic E-state index is 0. The Kier molecular flexibility index (Phi) is 1090. The third kappa shape index (κ3) is 212. The second-order valence-electron chi connectivity index (χ2n) is 0. The van der Waals surface area contributed by atoms with Crippen molar-refractivity contribution in [1.82, 2.24) is 0 Å². The monoisotopic (exact) mass is 119 g/mol. The van der Waals surface area contributed by atoms with E-state index in [1.165, 1.54) is 0 Å². The van der Waals surface area contributed by atoms with E-state index in [1.807, 2.05) is 0 Å². The van der Waals surface area contributed by atoms with Crippen molar-refractivity contribution < 1.29 is 15.3 Å². The van der Waals surface area contributed by atoms with Crippen LogP contribution in [0.1, 0.15) is 0 Å². The second-order valence-corrected chi connectivity index (χ2v) is 0. The quantitative estimate of drug-likeness (QED) is 0.338. The molecule has 0 spiro atoms. The molecule has 43 valence electrons. The summed E-state index contributed by atoms with van der Waals surface area (Å²) in [6.45, 7) is 0. The number of hydrogen-bond acceptors (Lipinski definition) is 3. The molecule has 0 heterocycles. The molecule has 7 heavy (non-hydrogen) atoms. The van der Waals surface area contributed by atoms with Gasteiger partial charge < -0.3 is 15.3 Å². The Morgan fingerprint density at radius 1 is 0.571 bits per heavy atom. The van der Waals surface area contributed by atoms with E-state index in [2.05, 4.69) is 0 Å². The van der Waals surface area contributed by atoms with Crippen LogP contribution in [0.3, 0.4) is 0 Å². The fourth-order valence-corrected chi connectivity index (χ4v) is 0. The van der Waals surface area contributed by atoms with Gasteiger partial charge in [-0.05, 0) is 0 Å². The number of rotatable bonds is 0. The summed E-state index contributed by atoms with van der Waals surface area (Å²) in [5.74, 6) is 0. The van der Waals surface area contributed by atoms with E-state index in [-0.39, 0.29) is 29.6 Å². The molecule has 1 radical (unpaired) electrons. The molecule has 0 aliphatic heterocycles. The summed E-state index contributed by atoms with van der Waals surface area (Å²) in [5, 5.41) is 21.0. The van der Waals surface area contributed by atoms with E-state index >= 15 is 0 Å². The first kappa shape index (κ1) is 24.8. The molecule has 0 aliphatic rings. The Hall–Kier alpha value is 0.880. The maximum absolute atomic E-state index is 7.00. The third-order valence-corrected chi connectivity index (χ3v) is 0. The summed E-state index contributed by atoms with van der Waals surface area (Å²) < 4.78 is 0. The van der Waals surface area contributed by atoms with Crippen LogP contribution >= 0.6 is 0 Å². The molecule has 0 aromatic carbocycles. The van der Waals surface area contributed by atoms with Crippen molar-refractivity contribution in [1.29, 1.82) is 0 Å². The van der Waals surface area contributed by atoms with Gasteiger partial charge in [-0.2, -0.15) is 0 Å².